The third-order valence-corrected chi connectivity index (χ3v) is 4.15. The van der Waals surface area contributed by atoms with Crippen molar-refractivity contribution >= 4 is 7.52 Å². The van der Waals surface area contributed by atoms with Gasteiger partial charge in [-0.2, -0.15) is 0 Å². The number of hydrogen-bond donors (Lipinski definition) is 0. The molecule has 0 saturated carbocycles. The molecular weight excluding hydrogens is 173 g/mol. The van der Waals surface area contributed by atoms with Crippen LogP contribution in [0.2, 0.25) is 0 Å². The van der Waals surface area contributed by atoms with Gasteiger partial charge in [0.25, 0.3) is 7.52 Å². The van der Waals surface area contributed by atoms with E-state index >= 15 is 0 Å². The smallest absolute Gasteiger partial charge is 0.269 e. The standard InChI is InChI=1S/C8H20NO2P/c1-7(2)9(5)12(6,10)11-8(3)4/h7-8H,1-6H3. The summed E-state index contributed by atoms with van der Waals surface area (Å²) in [7, 11) is -0.735. The van der Waals surface area contributed by atoms with Gasteiger partial charge in [0.15, 0.2) is 0 Å². The molecule has 0 N–H and O–H groups in total. The molecule has 0 heterocycles. The highest BCUT2D eigenvalue weighted by molar-refractivity contribution is 7.55. The van der Waals surface area contributed by atoms with Crippen LogP contribution in [-0.2, 0) is 9.09 Å². The fraction of sp³-hybridized carbons (Fsp3) is 1.00. The molecule has 0 saturated heterocycles. The summed E-state index contributed by atoms with van der Waals surface area (Å²) in [5.41, 5.74) is 0. The molecule has 12 heavy (non-hydrogen) atoms. The van der Waals surface area contributed by atoms with E-state index in [1.807, 2.05) is 34.7 Å². The van der Waals surface area contributed by atoms with Crippen LogP contribution in [0.15, 0.2) is 0 Å². The summed E-state index contributed by atoms with van der Waals surface area (Å²) >= 11 is 0. The highest BCUT2D eigenvalue weighted by Crippen LogP contribution is 2.47. The summed E-state index contributed by atoms with van der Waals surface area (Å²) in [5, 5.41) is 0. The molecule has 0 radical (unpaired) electrons. The van der Waals surface area contributed by atoms with Crippen LogP contribution in [0, 0.1) is 0 Å². The van der Waals surface area contributed by atoms with Crippen molar-refractivity contribution in [2.45, 2.75) is 39.8 Å². The van der Waals surface area contributed by atoms with Crippen molar-refractivity contribution < 1.29 is 9.09 Å². The molecule has 0 bridgehead atoms. The van der Waals surface area contributed by atoms with Gasteiger partial charge in [-0.3, -0.25) is 4.57 Å². The second kappa shape index (κ2) is 4.40. The molecule has 0 spiro atoms. The van der Waals surface area contributed by atoms with Crippen molar-refractivity contribution in [3.05, 3.63) is 0 Å². The lowest BCUT2D eigenvalue weighted by molar-refractivity contribution is 0.210. The first-order valence-corrected chi connectivity index (χ1v) is 6.29. The molecule has 0 aromatic carbocycles. The van der Waals surface area contributed by atoms with Crippen molar-refractivity contribution in [1.82, 2.24) is 4.67 Å². The molecular formula is C8H20NO2P. The first kappa shape index (κ1) is 12.2. The number of nitrogens with zero attached hydrogens (tertiary/aromatic N) is 1. The van der Waals surface area contributed by atoms with Crippen molar-refractivity contribution in [2.75, 3.05) is 13.7 Å². The predicted molar refractivity (Wildman–Crippen MR) is 52.7 cm³/mol. The summed E-state index contributed by atoms with van der Waals surface area (Å²) in [6, 6.07) is 0.250. The SMILES string of the molecule is CC(C)OP(C)(=O)N(C)C(C)C. The molecule has 0 fully saturated rings. The van der Waals surface area contributed by atoms with Gasteiger partial charge in [-0.25, -0.2) is 4.67 Å². The van der Waals surface area contributed by atoms with Crippen LogP contribution in [0.25, 0.3) is 0 Å². The Morgan fingerprint density at radius 3 is 1.92 bits per heavy atom. The molecule has 1 unspecified atom stereocenters. The van der Waals surface area contributed by atoms with Crippen LogP contribution in [0.3, 0.4) is 0 Å². The van der Waals surface area contributed by atoms with Crippen LogP contribution in [0.1, 0.15) is 27.7 Å². The van der Waals surface area contributed by atoms with E-state index in [-0.39, 0.29) is 12.1 Å². The number of rotatable bonds is 4. The highest BCUT2D eigenvalue weighted by Gasteiger charge is 2.25. The molecule has 0 amide bonds. The van der Waals surface area contributed by atoms with Crippen LogP contribution >= 0.6 is 7.52 Å². The molecule has 0 aromatic rings. The topological polar surface area (TPSA) is 29.5 Å². The van der Waals surface area contributed by atoms with E-state index in [1.54, 1.807) is 11.3 Å². The Bertz CT molecular complexity index is 180. The Hall–Kier alpha value is 0.150. The van der Waals surface area contributed by atoms with Crippen LogP contribution in [-0.4, -0.2) is 30.5 Å². The average molecular weight is 193 g/mol. The quantitative estimate of drug-likeness (QED) is 0.643. The summed E-state index contributed by atoms with van der Waals surface area (Å²) in [6.45, 7) is 9.45. The summed E-state index contributed by atoms with van der Waals surface area (Å²) in [6.07, 6.45) is 0.0158. The normalized spacial score (nSPS) is 17.4. The van der Waals surface area contributed by atoms with Gasteiger partial charge in [0, 0.05) is 12.7 Å². The van der Waals surface area contributed by atoms with E-state index in [0.29, 0.717) is 0 Å². The molecule has 0 aromatic heterocycles. The largest absolute Gasteiger partial charge is 0.315 e. The van der Waals surface area contributed by atoms with Crippen molar-refractivity contribution in [3.63, 3.8) is 0 Å². The molecule has 1 atom stereocenters. The fourth-order valence-electron chi connectivity index (χ4n) is 0.885. The van der Waals surface area contributed by atoms with Gasteiger partial charge in [0.1, 0.15) is 0 Å². The Kier molecular flexibility index (Phi) is 4.46. The van der Waals surface area contributed by atoms with Crippen molar-refractivity contribution in [2.24, 2.45) is 0 Å². The lowest BCUT2D eigenvalue weighted by Gasteiger charge is -2.29. The van der Waals surface area contributed by atoms with Crippen LogP contribution in [0.4, 0.5) is 0 Å². The fourth-order valence-corrected chi connectivity index (χ4v) is 2.66. The van der Waals surface area contributed by atoms with Gasteiger partial charge in [0.05, 0.1) is 6.10 Å². The molecule has 0 aliphatic rings. The Labute approximate surface area is 75.6 Å². The van der Waals surface area contributed by atoms with E-state index in [9.17, 15) is 4.57 Å². The van der Waals surface area contributed by atoms with E-state index in [2.05, 4.69) is 0 Å². The first-order valence-electron chi connectivity index (χ1n) is 4.26. The van der Waals surface area contributed by atoms with Gasteiger partial charge in [-0.05, 0) is 34.7 Å². The average Bonchev–Trinajstić information content (AvgIpc) is 1.82. The third kappa shape index (κ3) is 3.70. The Morgan fingerprint density at radius 1 is 1.25 bits per heavy atom. The van der Waals surface area contributed by atoms with Crippen LogP contribution < -0.4 is 0 Å². The molecule has 4 heteroatoms. The van der Waals surface area contributed by atoms with Gasteiger partial charge in [0.2, 0.25) is 0 Å². The van der Waals surface area contributed by atoms with E-state index < -0.39 is 7.52 Å². The summed E-state index contributed by atoms with van der Waals surface area (Å²) in [4.78, 5) is 0. The van der Waals surface area contributed by atoms with Crippen molar-refractivity contribution in [3.8, 4) is 0 Å². The monoisotopic (exact) mass is 193 g/mol. The maximum Gasteiger partial charge on any atom is 0.269 e. The van der Waals surface area contributed by atoms with E-state index in [1.165, 1.54) is 0 Å². The van der Waals surface area contributed by atoms with E-state index in [0.717, 1.165) is 0 Å². The summed E-state index contributed by atoms with van der Waals surface area (Å²) < 4.78 is 19.0. The lowest BCUT2D eigenvalue weighted by Crippen LogP contribution is -2.25. The highest BCUT2D eigenvalue weighted by atomic mass is 31.2. The first-order chi connectivity index (χ1) is 5.27. The Morgan fingerprint density at radius 2 is 1.67 bits per heavy atom. The van der Waals surface area contributed by atoms with Crippen molar-refractivity contribution in [1.29, 1.82) is 0 Å². The minimum atomic E-state index is -2.56. The predicted octanol–water partition coefficient (Wildman–Crippen LogP) is 2.57. The van der Waals surface area contributed by atoms with Crippen LogP contribution in [0.5, 0.6) is 0 Å². The zero-order chi connectivity index (χ0) is 9.94. The van der Waals surface area contributed by atoms with Gasteiger partial charge in [-0.15, -0.1) is 0 Å². The molecule has 0 aliphatic carbocycles. The second-order valence-electron chi connectivity index (χ2n) is 3.62. The maximum absolute atomic E-state index is 11.9. The third-order valence-electron chi connectivity index (χ3n) is 1.73. The summed E-state index contributed by atoms with van der Waals surface area (Å²) in [5.74, 6) is 0. The van der Waals surface area contributed by atoms with E-state index in [4.69, 9.17) is 4.52 Å². The minimum Gasteiger partial charge on any atom is -0.315 e. The second-order valence-corrected chi connectivity index (χ2v) is 6.07. The lowest BCUT2D eigenvalue weighted by atomic mass is 10.4. The molecule has 3 nitrogen and oxygen atoms in total. The minimum absolute atomic E-state index is 0.0158. The zero-order valence-corrected chi connectivity index (χ0v) is 9.76. The van der Waals surface area contributed by atoms with Gasteiger partial charge >= 0.3 is 0 Å². The zero-order valence-electron chi connectivity index (χ0n) is 8.87. The molecule has 0 rings (SSSR count). The Balaban J connectivity index is 4.29. The molecule has 74 valence electrons. The maximum atomic E-state index is 11.9. The van der Waals surface area contributed by atoms with Gasteiger partial charge in [-0.1, -0.05) is 0 Å². The van der Waals surface area contributed by atoms with Gasteiger partial charge < -0.3 is 4.52 Å². The number of hydrogen-bond acceptors (Lipinski definition) is 2. The molecule has 0 aliphatic heterocycles.